The molecule has 7 nitrogen and oxygen atoms in total. The number of aryl methyl sites for hydroxylation is 2. The van der Waals surface area contributed by atoms with Crippen molar-refractivity contribution >= 4 is 38.8 Å². The maximum Gasteiger partial charge on any atom is 0.228 e. The first-order chi connectivity index (χ1) is 13.5. The molecule has 8 heteroatoms. The first kappa shape index (κ1) is 20.5. The number of carbonyl (C=O) groups excluding carboxylic acids is 1. The Bertz CT molecular complexity index is 924. The van der Waals surface area contributed by atoms with Crippen molar-refractivity contribution < 1.29 is 4.79 Å². The van der Waals surface area contributed by atoms with Gasteiger partial charge in [0.05, 0.1) is 21.2 Å². The number of benzene rings is 1. The van der Waals surface area contributed by atoms with E-state index in [1.807, 2.05) is 37.4 Å². The minimum absolute atomic E-state index is 0.0660. The van der Waals surface area contributed by atoms with Gasteiger partial charge in [0.15, 0.2) is 0 Å². The zero-order chi connectivity index (χ0) is 20.1. The number of anilines is 1. The number of nitrogens with one attached hydrogen (secondary N) is 1. The van der Waals surface area contributed by atoms with Crippen LogP contribution in [0, 0.1) is 6.92 Å². The molecule has 0 atom stereocenters. The summed E-state index contributed by atoms with van der Waals surface area (Å²) in [6.45, 7) is 10.5. The largest absolute Gasteiger partial charge is 0.309 e. The highest BCUT2D eigenvalue weighted by atomic mass is 79.9. The molecule has 2 heterocycles. The summed E-state index contributed by atoms with van der Waals surface area (Å²) in [5.41, 5.74) is 2.85. The number of hydrogen-bond donors (Lipinski definition) is 1. The fourth-order valence-corrected chi connectivity index (χ4v) is 3.51. The van der Waals surface area contributed by atoms with Crippen LogP contribution in [0.2, 0.25) is 0 Å². The molecular weight excluding hydrogens is 420 g/mol. The lowest BCUT2D eigenvalue weighted by molar-refractivity contribution is -0.116. The number of carbonyl (C=O) groups is 1. The van der Waals surface area contributed by atoms with E-state index in [2.05, 4.69) is 54.6 Å². The summed E-state index contributed by atoms with van der Waals surface area (Å²) >= 11 is 3.45. The number of imidazole rings is 1. The molecule has 0 saturated heterocycles. The smallest absolute Gasteiger partial charge is 0.228 e. The van der Waals surface area contributed by atoms with Crippen molar-refractivity contribution in [2.45, 2.75) is 40.3 Å². The Morgan fingerprint density at radius 2 is 1.96 bits per heavy atom. The van der Waals surface area contributed by atoms with E-state index in [9.17, 15) is 4.79 Å². The molecule has 28 heavy (non-hydrogen) atoms. The van der Waals surface area contributed by atoms with E-state index in [0.717, 1.165) is 47.4 Å². The molecule has 150 valence electrons. The number of fused-ring (bicyclic) bond motifs is 1. The average Bonchev–Trinajstić information content (AvgIpc) is 3.20. The summed E-state index contributed by atoms with van der Waals surface area (Å²) < 4.78 is 4.83. The topological polar surface area (TPSA) is 68.0 Å². The van der Waals surface area contributed by atoms with Gasteiger partial charge in [0.25, 0.3) is 0 Å². The zero-order valence-corrected chi connectivity index (χ0v) is 18.2. The number of hydrogen-bond acceptors (Lipinski definition) is 4. The molecule has 3 aromatic rings. The van der Waals surface area contributed by atoms with Crippen molar-refractivity contribution in [2.75, 3.05) is 25.0 Å². The second kappa shape index (κ2) is 9.34. The SMILES string of the molecule is CCN(CC)CCn1c(NC(=O)CCn2cc(Br)c(C)n2)nc2ccccc21. The van der Waals surface area contributed by atoms with Crippen molar-refractivity contribution in [3.8, 4) is 0 Å². The second-order valence-corrected chi connectivity index (χ2v) is 7.58. The van der Waals surface area contributed by atoms with E-state index < -0.39 is 0 Å². The number of aromatic nitrogens is 4. The number of likely N-dealkylation sites (N-methyl/N-ethyl adjacent to an activating group) is 1. The average molecular weight is 447 g/mol. The Kier molecular flexibility index (Phi) is 6.85. The molecule has 0 radical (unpaired) electrons. The van der Waals surface area contributed by atoms with Crippen LogP contribution >= 0.6 is 15.9 Å². The van der Waals surface area contributed by atoms with E-state index >= 15 is 0 Å². The third-order valence-corrected chi connectivity index (χ3v) is 5.67. The van der Waals surface area contributed by atoms with Crippen LogP contribution in [0.5, 0.6) is 0 Å². The monoisotopic (exact) mass is 446 g/mol. The summed E-state index contributed by atoms with van der Waals surface area (Å²) in [5.74, 6) is 0.542. The maximum atomic E-state index is 12.5. The lowest BCUT2D eigenvalue weighted by atomic mass is 10.3. The Hall–Kier alpha value is -2.19. The summed E-state index contributed by atoms with van der Waals surface area (Å²) in [6, 6.07) is 7.99. The van der Waals surface area contributed by atoms with E-state index in [0.29, 0.717) is 18.9 Å². The molecule has 1 N–H and O–H groups in total. The molecular formula is C20H27BrN6O. The normalized spacial score (nSPS) is 11.5. The molecule has 0 fully saturated rings. The van der Waals surface area contributed by atoms with Gasteiger partial charge in [0.2, 0.25) is 11.9 Å². The molecule has 0 aliphatic carbocycles. The van der Waals surface area contributed by atoms with Crippen LogP contribution in [0.15, 0.2) is 34.9 Å². The van der Waals surface area contributed by atoms with Gasteiger partial charge in [-0.25, -0.2) is 4.98 Å². The van der Waals surface area contributed by atoms with Gasteiger partial charge in [0, 0.05) is 32.3 Å². The minimum Gasteiger partial charge on any atom is -0.309 e. The van der Waals surface area contributed by atoms with Crippen molar-refractivity contribution in [1.29, 1.82) is 0 Å². The van der Waals surface area contributed by atoms with E-state index in [4.69, 9.17) is 0 Å². The third kappa shape index (κ3) is 4.80. The Labute approximate surface area is 173 Å². The van der Waals surface area contributed by atoms with Crippen molar-refractivity contribution in [1.82, 2.24) is 24.2 Å². The maximum absolute atomic E-state index is 12.5. The van der Waals surface area contributed by atoms with Crippen LogP contribution in [-0.4, -0.2) is 49.8 Å². The molecule has 0 unspecified atom stereocenters. The van der Waals surface area contributed by atoms with Gasteiger partial charge >= 0.3 is 0 Å². The van der Waals surface area contributed by atoms with Crippen LogP contribution in [0.4, 0.5) is 5.95 Å². The van der Waals surface area contributed by atoms with Gasteiger partial charge < -0.3 is 9.47 Å². The van der Waals surface area contributed by atoms with E-state index in [1.165, 1.54) is 0 Å². The molecule has 1 aromatic carbocycles. The van der Waals surface area contributed by atoms with Gasteiger partial charge in [-0.15, -0.1) is 0 Å². The van der Waals surface area contributed by atoms with Crippen LogP contribution in [0.3, 0.4) is 0 Å². The van der Waals surface area contributed by atoms with Crippen LogP contribution in [-0.2, 0) is 17.9 Å². The molecule has 2 aromatic heterocycles. The highest BCUT2D eigenvalue weighted by molar-refractivity contribution is 9.10. The quantitative estimate of drug-likeness (QED) is 0.544. The molecule has 0 saturated carbocycles. The number of nitrogens with zero attached hydrogens (tertiary/aromatic N) is 5. The van der Waals surface area contributed by atoms with E-state index in [-0.39, 0.29) is 5.91 Å². The molecule has 0 aliphatic rings. The highest BCUT2D eigenvalue weighted by Gasteiger charge is 2.14. The fourth-order valence-electron chi connectivity index (χ4n) is 3.19. The van der Waals surface area contributed by atoms with Crippen molar-refractivity contribution in [3.63, 3.8) is 0 Å². The molecule has 1 amide bonds. The van der Waals surface area contributed by atoms with Crippen LogP contribution in [0.25, 0.3) is 11.0 Å². The van der Waals surface area contributed by atoms with Crippen LogP contribution in [0.1, 0.15) is 26.0 Å². The summed E-state index contributed by atoms with van der Waals surface area (Å²) in [4.78, 5) is 19.5. The lowest BCUT2D eigenvalue weighted by Crippen LogP contribution is -2.27. The second-order valence-electron chi connectivity index (χ2n) is 6.73. The Morgan fingerprint density at radius 3 is 2.64 bits per heavy atom. The molecule has 3 rings (SSSR count). The van der Waals surface area contributed by atoms with Crippen molar-refractivity contribution in [3.05, 3.63) is 40.6 Å². The van der Waals surface area contributed by atoms with Gasteiger partial charge in [-0.05, 0) is 48.1 Å². The highest BCUT2D eigenvalue weighted by Crippen LogP contribution is 2.20. The number of rotatable bonds is 9. The lowest BCUT2D eigenvalue weighted by Gasteiger charge is -2.19. The summed E-state index contributed by atoms with van der Waals surface area (Å²) in [7, 11) is 0. The number of amides is 1. The molecule has 0 spiro atoms. The predicted molar refractivity (Wildman–Crippen MR) is 115 cm³/mol. The van der Waals surface area contributed by atoms with Gasteiger partial charge in [-0.2, -0.15) is 5.10 Å². The predicted octanol–water partition coefficient (Wildman–Crippen LogP) is 3.67. The first-order valence-corrected chi connectivity index (χ1v) is 10.5. The standard InChI is InChI=1S/C20H27BrN6O/c1-4-25(5-2)12-13-27-18-9-7-6-8-17(18)22-20(27)23-19(28)10-11-26-14-16(21)15(3)24-26/h6-9,14H,4-5,10-13H2,1-3H3,(H,22,23,28). The molecule has 0 bridgehead atoms. The number of para-hydroxylation sites is 2. The van der Waals surface area contributed by atoms with Gasteiger partial charge in [-0.1, -0.05) is 26.0 Å². The van der Waals surface area contributed by atoms with Crippen molar-refractivity contribution in [2.24, 2.45) is 0 Å². The Morgan fingerprint density at radius 1 is 1.21 bits per heavy atom. The van der Waals surface area contributed by atoms with E-state index in [1.54, 1.807) is 4.68 Å². The van der Waals surface area contributed by atoms with Gasteiger partial charge in [0.1, 0.15) is 0 Å². The van der Waals surface area contributed by atoms with Gasteiger partial charge in [-0.3, -0.25) is 14.8 Å². The summed E-state index contributed by atoms with van der Waals surface area (Å²) in [5, 5.41) is 7.37. The fraction of sp³-hybridized carbons (Fsp3) is 0.450. The zero-order valence-electron chi connectivity index (χ0n) is 16.7. The Balaban J connectivity index is 1.71. The first-order valence-electron chi connectivity index (χ1n) is 9.68. The van der Waals surface area contributed by atoms with Crippen LogP contribution < -0.4 is 5.32 Å². The third-order valence-electron chi connectivity index (χ3n) is 4.89. The number of halogens is 1. The minimum atomic E-state index is -0.0660. The summed E-state index contributed by atoms with van der Waals surface area (Å²) in [6.07, 6.45) is 2.23. The molecule has 0 aliphatic heterocycles.